The van der Waals surface area contributed by atoms with Gasteiger partial charge in [0.2, 0.25) is 0 Å². The highest BCUT2D eigenvalue weighted by Crippen LogP contribution is 2.33. The zero-order valence-electron chi connectivity index (χ0n) is 20.1. The third-order valence-corrected chi connectivity index (χ3v) is 7.36. The second kappa shape index (κ2) is 11.4. The van der Waals surface area contributed by atoms with Crippen LogP contribution in [-0.2, 0) is 15.9 Å². The predicted molar refractivity (Wildman–Crippen MR) is 137 cm³/mol. The third kappa shape index (κ3) is 5.60. The average Bonchev–Trinajstić information content (AvgIpc) is 3.46. The van der Waals surface area contributed by atoms with Crippen LogP contribution in [0.3, 0.4) is 0 Å². The van der Waals surface area contributed by atoms with Crippen molar-refractivity contribution in [1.82, 2.24) is 20.3 Å². The van der Waals surface area contributed by atoms with Gasteiger partial charge in [-0.15, -0.1) is 0 Å². The lowest BCUT2D eigenvalue weighted by Crippen LogP contribution is -2.55. The molecule has 1 amide bonds. The Morgan fingerprint density at radius 2 is 2.11 bits per heavy atom. The number of aromatic amines is 1. The van der Waals surface area contributed by atoms with Gasteiger partial charge >= 0.3 is 5.97 Å². The number of H-pyrrole nitrogens is 1. The van der Waals surface area contributed by atoms with Crippen molar-refractivity contribution in [2.24, 2.45) is 0 Å². The molecule has 1 fully saturated rings. The van der Waals surface area contributed by atoms with Crippen molar-refractivity contribution in [2.45, 2.75) is 52.2 Å². The number of rotatable bonds is 9. The molecule has 0 unspecified atom stereocenters. The van der Waals surface area contributed by atoms with Gasteiger partial charge in [-0.05, 0) is 38.3 Å². The summed E-state index contributed by atoms with van der Waals surface area (Å²) in [5.41, 5.74) is 2.03. The van der Waals surface area contributed by atoms with Gasteiger partial charge in [-0.3, -0.25) is 4.79 Å². The number of ether oxygens (including phenoxy) is 2. The van der Waals surface area contributed by atoms with Crippen molar-refractivity contribution in [2.75, 3.05) is 31.2 Å². The van der Waals surface area contributed by atoms with Gasteiger partial charge in [0.05, 0.1) is 40.2 Å². The summed E-state index contributed by atoms with van der Waals surface area (Å²) < 4.78 is 12.2. The van der Waals surface area contributed by atoms with Crippen molar-refractivity contribution in [3.63, 3.8) is 0 Å². The first kappa shape index (κ1) is 25.4. The Bertz CT molecular complexity index is 1200. The van der Waals surface area contributed by atoms with E-state index in [2.05, 4.69) is 27.1 Å². The summed E-state index contributed by atoms with van der Waals surface area (Å²) in [6.07, 6.45) is 1.99. The summed E-state index contributed by atoms with van der Waals surface area (Å²) in [7, 11) is 0. The van der Waals surface area contributed by atoms with Crippen LogP contribution in [0.2, 0.25) is 5.15 Å². The van der Waals surface area contributed by atoms with Crippen molar-refractivity contribution in [3.05, 3.63) is 40.4 Å². The second-order valence-corrected chi connectivity index (χ2v) is 9.64. The number of nitrogens with zero attached hydrogens (tertiary/aromatic N) is 3. The Morgan fingerprint density at radius 3 is 2.83 bits per heavy atom. The van der Waals surface area contributed by atoms with E-state index >= 15 is 0 Å². The van der Waals surface area contributed by atoms with Crippen LogP contribution in [0.1, 0.15) is 60.3 Å². The van der Waals surface area contributed by atoms with Gasteiger partial charge in [0.15, 0.2) is 16.1 Å². The van der Waals surface area contributed by atoms with Crippen LogP contribution >= 0.6 is 22.9 Å². The number of hydrogen-bond donors (Lipinski definition) is 2. The Morgan fingerprint density at radius 1 is 1.29 bits per heavy atom. The van der Waals surface area contributed by atoms with E-state index in [1.54, 1.807) is 13.0 Å². The SMILES string of the molecule is CCCO[C@@H]1CN(c2nc3cccc(C(=O)OCC)c3s2)CC[C@@H]1NC(=O)c1nc(Cl)c(CC)[nH]1. The molecule has 0 spiro atoms. The standard InChI is InChI=1S/C24H30ClN5O4S/c1-4-12-34-18-13-30(11-10-16(18)27-22(31)21-26-15(5-2)20(25)29-21)24-28-17-9-7-8-14(19(17)35-24)23(32)33-6-3/h7-9,16,18H,4-6,10-13H2,1-3H3,(H,26,29)(H,27,31)/t16-,18+/m0/s1. The predicted octanol–water partition coefficient (Wildman–Crippen LogP) is 4.22. The number of fused-ring (bicyclic) bond motifs is 1. The molecule has 35 heavy (non-hydrogen) atoms. The van der Waals surface area contributed by atoms with Crippen LogP contribution in [0.4, 0.5) is 5.13 Å². The first-order valence-corrected chi connectivity index (χ1v) is 13.1. The topological polar surface area (TPSA) is 109 Å². The number of carbonyl (C=O) groups is 2. The number of imidazole rings is 1. The number of piperidine rings is 1. The zero-order valence-corrected chi connectivity index (χ0v) is 21.7. The molecule has 1 aromatic carbocycles. The summed E-state index contributed by atoms with van der Waals surface area (Å²) in [5.74, 6) is -0.432. The maximum Gasteiger partial charge on any atom is 0.339 e. The van der Waals surface area contributed by atoms with E-state index in [0.717, 1.165) is 27.5 Å². The highest BCUT2D eigenvalue weighted by atomic mass is 35.5. The van der Waals surface area contributed by atoms with Crippen LogP contribution < -0.4 is 10.2 Å². The molecule has 3 aromatic rings. The highest BCUT2D eigenvalue weighted by Gasteiger charge is 2.33. The fraction of sp³-hybridized carbons (Fsp3) is 0.500. The number of esters is 1. The summed E-state index contributed by atoms with van der Waals surface area (Å²) in [5, 5.41) is 4.21. The van der Waals surface area contributed by atoms with Gasteiger partial charge in [-0.2, -0.15) is 0 Å². The van der Waals surface area contributed by atoms with Crippen molar-refractivity contribution >= 4 is 50.2 Å². The molecule has 0 radical (unpaired) electrons. The fourth-order valence-electron chi connectivity index (χ4n) is 4.10. The molecule has 2 N–H and O–H groups in total. The molecule has 2 atom stereocenters. The van der Waals surface area contributed by atoms with Crippen LogP contribution in [0.5, 0.6) is 0 Å². The first-order valence-electron chi connectivity index (χ1n) is 11.9. The number of amides is 1. The maximum atomic E-state index is 12.9. The fourth-order valence-corrected chi connectivity index (χ4v) is 5.47. The smallest absolute Gasteiger partial charge is 0.339 e. The molecule has 1 aliphatic heterocycles. The minimum Gasteiger partial charge on any atom is -0.462 e. The number of anilines is 1. The number of aromatic nitrogens is 3. The Balaban J connectivity index is 1.51. The van der Waals surface area contributed by atoms with Crippen molar-refractivity contribution in [1.29, 1.82) is 0 Å². The molecular formula is C24H30ClN5O4S. The van der Waals surface area contributed by atoms with E-state index in [1.807, 2.05) is 19.1 Å². The normalized spacial score (nSPS) is 18.1. The van der Waals surface area contributed by atoms with Crippen LogP contribution in [0.15, 0.2) is 18.2 Å². The molecule has 188 valence electrons. The van der Waals surface area contributed by atoms with Gasteiger partial charge in [-0.1, -0.05) is 42.9 Å². The minimum absolute atomic E-state index is 0.177. The van der Waals surface area contributed by atoms with Gasteiger partial charge in [0.1, 0.15) is 0 Å². The lowest BCUT2D eigenvalue weighted by atomic mass is 10.0. The number of thiazole rings is 1. The summed E-state index contributed by atoms with van der Waals surface area (Å²) >= 11 is 7.58. The van der Waals surface area contributed by atoms with E-state index in [0.29, 0.717) is 49.9 Å². The van der Waals surface area contributed by atoms with Gasteiger partial charge < -0.3 is 24.7 Å². The molecule has 1 aliphatic rings. The van der Waals surface area contributed by atoms with E-state index in [9.17, 15) is 9.59 Å². The van der Waals surface area contributed by atoms with Gasteiger partial charge in [0, 0.05) is 19.7 Å². The highest BCUT2D eigenvalue weighted by molar-refractivity contribution is 7.22. The summed E-state index contributed by atoms with van der Waals surface area (Å²) in [4.78, 5) is 39.3. The van der Waals surface area contributed by atoms with Crippen LogP contribution in [0.25, 0.3) is 10.2 Å². The number of benzene rings is 1. The molecule has 0 bridgehead atoms. The monoisotopic (exact) mass is 519 g/mol. The largest absolute Gasteiger partial charge is 0.462 e. The lowest BCUT2D eigenvalue weighted by molar-refractivity contribution is 0.0204. The number of halogens is 1. The molecule has 1 saturated heterocycles. The number of nitrogens with one attached hydrogen (secondary N) is 2. The lowest BCUT2D eigenvalue weighted by Gasteiger charge is -2.38. The number of aryl methyl sites for hydroxylation is 1. The summed E-state index contributed by atoms with van der Waals surface area (Å²) in [6, 6.07) is 5.30. The van der Waals surface area contributed by atoms with Crippen LogP contribution in [0, 0.1) is 0 Å². The first-order chi connectivity index (χ1) is 16.9. The van der Waals surface area contributed by atoms with Gasteiger partial charge in [0.25, 0.3) is 5.91 Å². The summed E-state index contributed by atoms with van der Waals surface area (Å²) in [6.45, 7) is 7.95. The minimum atomic E-state index is -0.344. The Labute approximate surface area is 213 Å². The van der Waals surface area contributed by atoms with E-state index < -0.39 is 0 Å². The van der Waals surface area contributed by atoms with E-state index in [1.165, 1.54) is 11.3 Å². The van der Waals surface area contributed by atoms with Crippen molar-refractivity contribution < 1.29 is 19.1 Å². The molecule has 9 nitrogen and oxygen atoms in total. The van der Waals surface area contributed by atoms with E-state index in [-0.39, 0.29) is 29.8 Å². The molecule has 0 saturated carbocycles. The number of carbonyl (C=O) groups excluding carboxylic acids is 2. The van der Waals surface area contributed by atoms with Crippen molar-refractivity contribution in [3.8, 4) is 0 Å². The van der Waals surface area contributed by atoms with Crippen LogP contribution in [-0.4, -0.2) is 65.3 Å². The second-order valence-electron chi connectivity index (χ2n) is 8.30. The molecular weight excluding hydrogens is 490 g/mol. The molecule has 0 aliphatic carbocycles. The quantitative estimate of drug-likeness (QED) is 0.407. The Hall–Kier alpha value is -2.69. The zero-order chi connectivity index (χ0) is 24.9. The average molecular weight is 520 g/mol. The number of hydrogen-bond acceptors (Lipinski definition) is 8. The molecule has 11 heteroatoms. The molecule has 2 aromatic heterocycles. The maximum absolute atomic E-state index is 12.9. The van der Waals surface area contributed by atoms with E-state index in [4.69, 9.17) is 26.1 Å². The molecule has 4 rings (SSSR count). The molecule has 3 heterocycles. The van der Waals surface area contributed by atoms with Gasteiger partial charge in [-0.25, -0.2) is 14.8 Å². The Kier molecular flexibility index (Phi) is 8.25. The third-order valence-electron chi connectivity index (χ3n) is 5.88.